The normalized spacial score (nSPS) is 10.7. The average molecular weight is 342 g/mol. The van der Waals surface area contributed by atoms with Crippen LogP contribution in [0.2, 0.25) is 5.02 Å². The number of amides is 1. The fourth-order valence-electron chi connectivity index (χ4n) is 2.35. The molecule has 24 heavy (non-hydrogen) atoms. The number of benzene rings is 1. The third-order valence-corrected chi connectivity index (χ3v) is 4.04. The molecule has 1 N–H and O–H groups in total. The Morgan fingerprint density at radius 1 is 1.12 bits per heavy atom. The third kappa shape index (κ3) is 3.14. The lowest BCUT2D eigenvalue weighted by atomic mass is 10.2. The van der Waals surface area contributed by atoms with Crippen molar-refractivity contribution in [1.29, 1.82) is 0 Å². The van der Waals surface area contributed by atoms with Crippen LogP contribution in [0.5, 0.6) is 0 Å². The zero-order valence-corrected chi connectivity index (χ0v) is 14.3. The molecule has 0 saturated carbocycles. The number of carbonyl (C=O) groups is 1. The van der Waals surface area contributed by atoms with Crippen molar-refractivity contribution in [2.45, 2.75) is 20.8 Å². The van der Waals surface area contributed by atoms with Crippen LogP contribution in [0.1, 0.15) is 27.4 Å². The Labute approximate surface area is 144 Å². The van der Waals surface area contributed by atoms with Crippen LogP contribution in [0.15, 0.2) is 36.4 Å². The van der Waals surface area contributed by atoms with E-state index in [1.54, 1.807) is 35.0 Å². The first-order valence-corrected chi connectivity index (χ1v) is 7.77. The molecule has 3 aromatic rings. The molecule has 0 saturated heterocycles. The summed E-state index contributed by atoms with van der Waals surface area (Å²) in [6, 6.07) is 10.6. The van der Waals surface area contributed by atoms with E-state index in [9.17, 15) is 4.79 Å². The van der Waals surface area contributed by atoms with Gasteiger partial charge in [-0.25, -0.2) is 4.68 Å². The fraction of sp³-hybridized carbons (Fsp3) is 0.176. The minimum absolute atomic E-state index is 0.222. The van der Waals surface area contributed by atoms with Gasteiger partial charge < -0.3 is 5.32 Å². The Morgan fingerprint density at radius 2 is 1.92 bits per heavy atom. The molecule has 6 nitrogen and oxygen atoms in total. The highest BCUT2D eigenvalue weighted by molar-refractivity contribution is 6.31. The standard InChI is InChI=1S/C17H16ClN5O/c1-10-9-11(2)23(22-10)16-8-7-15(20-21-16)17(24)19-14-6-4-5-13(18)12(14)3/h4-9H,1-3H3,(H,19,24). The molecule has 0 spiro atoms. The molecule has 3 rings (SSSR count). The summed E-state index contributed by atoms with van der Waals surface area (Å²) in [6.07, 6.45) is 0. The lowest BCUT2D eigenvalue weighted by Crippen LogP contribution is -2.16. The van der Waals surface area contributed by atoms with Crippen LogP contribution in [0, 0.1) is 20.8 Å². The Morgan fingerprint density at radius 3 is 2.54 bits per heavy atom. The number of rotatable bonds is 3. The molecule has 122 valence electrons. The van der Waals surface area contributed by atoms with Gasteiger partial charge in [0.2, 0.25) is 0 Å². The number of carbonyl (C=O) groups excluding carboxylic acids is 1. The molecule has 1 aromatic carbocycles. The lowest BCUT2D eigenvalue weighted by molar-refractivity contribution is 0.102. The molecule has 2 aromatic heterocycles. The number of nitrogens with one attached hydrogen (secondary N) is 1. The Kier molecular flexibility index (Phi) is 4.31. The molecular weight excluding hydrogens is 326 g/mol. The predicted octanol–water partition coefficient (Wildman–Crippen LogP) is 3.49. The second-order valence-electron chi connectivity index (χ2n) is 5.48. The summed E-state index contributed by atoms with van der Waals surface area (Å²) in [7, 11) is 0. The van der Waals surface area contributed by atoms with Crippen molar-refractivity contribution < 1.29 is 4.79 Å². The smallest absolute Gasteiger partial charge is 0.276 e. The molecule has 0 aliphatic carbocycles. The largest absolute Gasteiger partial charge is 0.320 e. The molecule has 0 radical (unpaired) electrons. The van der Waals surface area contributed by atoms with E-state index >= 15 is 0 Å². The highest BCUT2D eigenvalue weighted by Gasteiger charge is 2.12. The van der Waals surface area contributed by atoms with E-state index in [1.807, 2.05) is 26.8 Å². The second-order valence-corrected chi connectivity index (χ2v) is 5.89. The molecule has 0 aliphatic rings. The minimum Gasteiger partial charge on any atom is -0.320 e. The van der Waals surface area contributed by atoms with Gasteiger partial charge in [0.05, 0.1) is 5.69 Å². The van der Waals surface area contributed by atoms with Crippen molar-refractivity contribution in [3.05, 3.63) is 64.1 Å². The van der Waals surface area contributed by atoms with Crippen LogP contribution < -0.4 is 5.32 Å². The van der Waals surface area contributed by atoms with Crippen molar-refractivity contribution in [3.63, 3.8) is 0 Å². The molecule has 0 unspecified atom stereocenters. The van der Waals surface area contributed by atoms with E-state index in [2.05, 4.69) is 20.6 Å². The SMILES string of the molecule is Cc1cc(C)n(-c2ccc(C(=O)Nc3cccc(Cl)c3C)nn2)n1. The van der Waals surface area contributed by atoms with E-state index in [4.69, 9.17) is 11.6 Å². The van der Waals surface area contributed by atoms with Crippen molar-refractivity contribution in [1.82, 2.24) is 20.0 Å². The number of aryl methyl sites for hydroxylation is 2. The summed E-state index contributed by atoms with van der Waals surface area (Å²) in [6.45, 7) is 5.69. The highest BCUT2D eigenvalue weighted by Crippen LogP contribution is 2.23. The van der Waals surface area contributed by atoms with Crippen LogP contribution in [-0.2, 0) is 0 Å². The minimum atomic E-state index is -0.340. The van der Waals surface area contributed by atoms with Crippen LogP contribution >= 0.6 is 11.6 Å². The van der Waals surface area contributed by atoms with Crippen LogP contribution in [-0.4, -0.2) is 25.9 Å². The number of hydrogen-bond donors (Lipinski definition) is 1. The van der Waals surface area contributed by atoms with E-state index < -0.39 is 0 Å². The molecule has 0 aliphatic heterocycles. The van der Waals surface area contributed by atoms with Gasteiger partial charge in [0.1, 0.15) is 0 Å². The van der Waals surface area contributed by atoms with E-state index in [0.29, 0.717) is 16.5 Å². The summed E-state index contributed by atoms with van der Waals surface area (Å²) >= 11 is 6.06. The topological polar surface area (TPSA) is 72.7 Å². The predicted molar refractivity (Wildman–Crippen MR) is 92.8 cm³/mol. The number of hydrogen-bond acceptors (Lipinski definition) is 4. The van der Waals surface area contributed by atoms with Crippen molar-refractivity contribution in [2.24, 2.45) is 0 Å². The summed E-state index contributed by atoms with van der Waals surface area (Å²) in [4.78, 5) is 12.3. The van der Waals surface area contributed by atoms with Crippen LogP contribution in [0.4, 0.5) is 5.69 Å². The zero-order valence-electron chi connectivity index (χ0n) is 13.5. The Bertz CT molecular complexity index is 902. The van der Waals surface area contributed by atoms with Crippen molar-refractivity contribution >= 4 is 23.2 Å². The summed E-state index contributed by atoms with van der Waals surface area (Å²) in [5, 5.41) is 15.8. The maximum Gasteiger partial charge on any atom is 0.276 e. The first-order chi connectivity index (χ1) is 11.5. The molecule has 0 fully saturated rings. The average Bonchev–Trinajstić information content (AvgIpc) is 2.90. The second kappa shape index (κ2) is 6.41. The maximum atomic E-state index is 12.3. The lowest BCUT2D eigenvalue weighted by Gasteiger charge is -2.09. The number of nitrogens with zero attached hydrogens (tertiary/aromatic N) is 4. The molecule has 1 amide bonds. The van der Waals surface area contributed by atoms with Gasteiger partial charge in [-0.2, -0.15) is 5.10 Å². The van der Waals surface area contributed by atoms with Gasteiger partial charge in [0.25, 0.3) is 5.91 Å². The maximum absolute atomic E-state index is 12.3. The van der Waals surface area contributed by atoms with Gasteiger partial charge >= 0.3 is 0 Å². The van der Waals surface area contributed by atoms with Gasteiger partial charge in [-0.1, -0.05) is 17.7 Å². The molecule has 7 heteroatoms. The van der Waals surface area contributed by atoms with Gasteiger partial charge in [-0.15, -0.1) is 10.2 Å². The van der Waals surface area contributed by atoms with Crippen LogP contribution in [0.3, 0.4) is 0 Å². The van der Waals surface area contributed by atoms with Crippen LogP contribution in [0.25, 0.3) is 5.82 Å². The highest BCUT2D eigenvalue weighted by atomic mass is 35.5. The number of halogens is 1. The summed E-state index contributed by atoms with van der Waals surface area (Å²) in [5.74, 6) is 0.226. The van der Waals surface area contributed by atoms with E-state index in [-0.39, 0.29) is 11.6 Å². The first-order valence-electron chi connectivity index (χ1n) is 7.39. The monoisotopic (exact) mass is 341 g/mol. The molecule has 0 bridgehead atoms. The molecular formula is C17H16ClN5O. The molecule has 2 heterocycles. The van der Waals surface area contributed by atoms with Gasteiger partial charge in [-0.3, -0.25) is 4.79 Å². The first kappa shape index (κ1) is 16.1. The zero-order chi connectivity index (χ0) is 17.3. The third-order valence-electron chi connectivity index (χ3n) is 3.63. The fourth-order valence-corrected chi connectivity index (χ4v) is 2.52. The van der Waals surface area contributed by atoms with E-state index in [1.165, 1.54) is 0 Å². The van der Waals surface area contributed by atoms with Gasteiger partial charge in [-0.05, 0) is 56.7 Å². The quantitative estimate of drug-likeness (QED) is 0.791. The van der Waals surface area contributed by atoms with Gasteiger partial charge in [0.15, 0.2) is 11.5 Å². The molecule has 0 atom stereocenters. The van der Waals surface area contributed by atoms with Gasteiger partial charge in [0, 0.05) is 16.4 Å². The summed E-state index contributed by atoms with van der Waals surface area (Å²) < 4.78 is 1.69. The Hall–Kier alpha value is -2.73. The van der Waals surface area contributed by atoms with Crippen molar-refractivity contribution in [2.75, 3.05) is 5.32 Å². The summed E-state index contributed by atoms with van der Waals surface area (Å²) in [5.41, 5.74) is 3.53. The number of aromatic nitrogens is 4. The number of anilines is 1. The van der Waals surface area contributed by atoms with E-state index in [0.717, 1.165) is 17.0 Å². The van der Waals surface area contributed by atoms with Crippen molar-refractivity contribution in [3.8, 4) is 5.82 Å². The Balaban J connectivity index is 1.81.